The van der Waals surface area contributed by atoms with E-state index in [9.17, 15) is 15.2 Å². The molecule has 0 aromatic carbocycles. The number of nitriles is 1. The van der Waals surface area contributed by atoms with E-state index in [4.69, 9.17) is 9.47 Å². The highest BCUT2D eigenvalue weighted by molar-refractivity contribution is 5.81. The highest BCUT2D eigenvalue weighted by Gasteiger charge is 2.42. The molecule has 2 aromatic rings. The summed E-state index contributed by atoms with van der Waals surface area (Å²) >= 11 is 0. The first-order valence-corrected chi connectivity index (χ1v) is 10.3. The number of hydrogen-bond acceptors (Lipinski definition) is 8. The summed E-state index contributed by atoms with van der Waals surface area (Å²) in [7, 11) is 0. The van der Waals surface area contributed by atoms with Crippen LogP contribution in [0.5, 0.6) is 0 Å². The molecule has 0 amide bonds. The maximum atomic E-state index is 11.5. The minimum atomic E-state index is -0.869. The van der Waals surface area contributed by atoms with E-state index >= 15 is 0 Å². The SMILES string of the molecule is Cc1ncc(C2(C#N)CCOCC2)cn1.Cc1ncc(C2(C(=O)O)CCOCC2)cn1. The molecule has 2 aromatic heterocycles. The highest BCUT2D eigenvalue weighted by Crippen LogP contribution is 2.34. The van der Waals surface area contributed by atoms with Crippen molar-refractivity contribution in [3.8, 4) is 6.07 Å². The van der Waals surface area contributed by atoms with Crippen molar-refractivity contribution in [3.05, 3.63) is 47.6 Å². The summed E-state index contributed by atoms with van der Waals surface area (Å²) in [6, 6.07) is 2.39. The van der Waals surface area contributed by atoms with Crippen LogP contribution in [0, 0.1) is 25.2 Å². The first-order chi connectivity index (χ1) is 14.9. The molecule has 1 N–H and O–H groups in total. The van der Waals surface area contributed by atoms with Crippen molar-refractivity contribution in [3.63, 3.8) is 0 Å². The van der Waals surface area contributed by atoms with Crippen LogP contribution in [0.25, 0.3) is 0 Å². The average Bonchev–Trinajstić information content (AvgIpc) is 2.81. The second-order valence-corrected chi connectivity index (χ2v) is 7.84. The summed E-state index contributed by atoms with van der Waals surface area (Å²) in [5.74, 6) is 0.568. The van der Waals surface area contributed by atoms with Crippen molar-refractivity contribution in [1.82, 2.24) is 19.9 Å². The Bertz CT molecular complexity index is 912. The van der Waals surface area contributed by atoms with Crippen LogP contribution in [0.3, 0.4) is 0 Å². The third-order valence-corrected chi connectivity index (χ3v) is 5.98. The van der Waals surface area contributed by atoms with E-state index in [0.717, 1.165) is 24.2 Å². The van der Waals surface area contributed by atoms with Gasteiger partial charge in [-0.25, -0.2) is 19.9 Å². The van der Waals surface area contributed by atoms with Gasteiger partial charge in [-0.15, -0.1) is 0 Å². The largest absolute Gasteiger partial charge is 0.481 e. The lowest BCUT2D eigenvalue weighted by Gasteiger charge is -2.32. The van der Waals surface area contributed by atoms with Crippen molar-refractivity contribution >= 4 is 5.97 Å². The summed E-state index contributed by atoms with van der Waals surface area (Å²) in [6.45, 7) is 5.84. The number of carbonyl (C=O) groups is 1. The molecule has 31 heavy (non-hydrogen) atoms. The highest BCUT2D eigenvalue weighted by atomic mass is 16.5. The fourth-order valence-corrected chi connectivity index (χ4v) is 3.81. The second kappa shape index (κ2) is 9.90. The molecule has 0 atom stereocenters. The van der Waals surface area contributed by atoms with Gasteiger partial charge < -0.3 is 14.6 Å². The smallest absolute Gasteiger partial charge is 0.314 e. The summed E-state index contributed by atoms with van der Waals surface area (Å²) in [4.78, 5) is 27.9. The zero-order chi connectivity index (χ0) is 22.3. The molecule has 0 spiro atoms. The summed E-state index contributed by atoms with van der Waals surface area (Å²) in [6.07, 6.45) is 9.17. The number of aryl methyl sites for hydroxylation is 2. The van der Waals surface area contributed by atoms with Gasteiger partial charge in [-0.2, -0.15) is 5.26 Å². The van der Waals surface area contributed by atoms with Gasteiger partial charge in [-0.3, -0.25) is 4.79 Å². The zero-order valence-electron chi connectivity index (χ0n) is 17.9. The number of ether oxygens (including phenoxy) is 2. The monoisotopic (exact) mass is 425 g/mol. The Labute approximate surface area is 181 Å². The third-order valence-electron chi connectivity index (χ3n) is 5.98. The van der Waals surface area contributed by atoms with Crippen LogP contribution in [0.1, 0.15) is 48.5 Å². The van der Waals surface area contributed by atoms with Crippen LogP contribution >= 0.6 is 0 Å². The lowest BCUT2D eigenvalue weighted by atomic mass is 9.75. The van der Waals surface area contributed by atoms with Crippen LogP contribution in [0.2, 0.25) is 0 Å². The number of aromatic nitrogens is 4. The third kappa shape index (κ3) is 5.03. The topological polar surface area (TPSA) is 131 Å². The van der Waals surface area contributed by atoms with E-state index in [1.165, 1.54) is 0 Å². The summed E-state index contributed by atoms with van der Waals surface area (Å²) in [5, 5.41) is 18.7. The molecule has 9 nitrogen and oxygen atoms in total. The van der Waals surface area contributed by atoms with E-state index in [1.54, 1.807) is 31.7 Å². The maximum Gasteiger partial charge on any atom is 0.314 e. The second-order valence-electron chi connectivity index (χ2n) is 7.84. The van der Waals surface area contributed by atoms with Crippen molar-refractivity contribution < 1.29 is 19.4 Å². The number of hydrogen-bond donors (Lipinski definition) is 1. The Balaban J connectivity index is 0.000000176. The predicted molar refractivity (Wildman–Crippen MR) is 110 cm³/mol. The molecular weight excluding hydrogens is 398 g/mol. The molecule has 164 valence electrons. The first-order valence-electron chi connectivity index (χ1n) is 10.3. The van der Waals surface area contributed by atoms with Crippen LogP contribution < -0.4 is 0 Å². The summed E-state index contributed by atoms with van der Waals surface area (Å²) < 4.78 is 10.5. The minimum absolute atomic E-state index is 0.439. The Kier molecular flexibility index (Phi) is 7.25. The van der Waals surface area contributed by atoms with Gasteiger partial charge in [-0.05, 0) is 39.5 Å². The first kappa shape index (κ1) is 22.7. The number of aliphatic carboxylic acids is 1. The Morgan fingerprint density at radius 2 is 1.29 bits per heavy atom. The number of carboxylic acids is 1. The van der Waals surface area contributed by atoms with Gasteiger partial charge >= 0.3 is 5.97 Å². The average molecular weight is 425 g/mol. The van der Waals surface area contributed by atoms with Gasteiger partial charge in [0.2, 0.25) is 0 Å². The standard InChI is InChI=1S/C11H13N3O.C11H14N2O3/c1-9-13-6-10(7-14-9)11(8-12)2-4-15-5-3-11;1-8-12-6-9(7-13-8)11(10(14)15)2-4-16-5-3-11/h6-7H,2-5H2,1H3;6-7H,2-5H2,1H3,(H,14,15). The van der Waals surface area contributed by atoms with Crippen LogP contribution in [0.15, 0.2) is 24.8 Å². The molecule has 9 heteroatoms. The number of rotatable bonds is 3. The normalized spacial score (nSPS) is 19.4. The van der Waals surface area contributed by atoms with Crippen molar-refractivity contribution in [2.45, 2.75) is 50.4 Å². The maximum absolute atomic E-state index is 11.5. The van der Waals surface area contributed by atoms with Crippen molar-refractivity contribution in [2.75, 3.05) is 26.4 Å². The molecular formula is C22H27N5O4. The molecule has 2 fully saturated rings. The van der Waals surface area contributed by atoms with Gasteiger partial charge in [0.1, 0.15) is 17.1 Å². The van der Waals surface area contributed by atoms with Gasteiger partial charge in [0.05, 0.1) is 11.5 Å². The lowest BCUT2D eigenvalue weighted by Crippen LogP contribution is -2.41. The molecule has 0 radical (unpaired) electrons. The molecule has 2 saturated heterocycles. The van der Waals surface area contributed by atoms with E-state index in [0.29, 0.717) is 50.7 Å². The number of carboxylic acid groups (broad SMARTS) is 1. The van der Waals surface area contributed by atoms with E-state index in [2.05, 4.69) is 26.0 Å². The van der Waals surface area contributed by atoms with Gasteiger partial charge in [0.15, 0.2) is 0 Å². The molecule has 0 saturated carbocycles. The summed E-state index contributed by atoms with van der Waals surface area (Å²) in [5.41, 5.74) is 0.283. The fourth-order valence-electron chi connectivity index (χ4n) is 3.81. The molecule has 0 unspecified atom stereocenters. The predicted octanol–water partition coefficient (Wildman–Crippen LogP) is 2.27. The molecule has 2 aliphatic heterocycles. The van der Waals surface area contributed by atoms with Gasteiger partial charge in [0, 0.05) is 62.3 Å². The quantitative estimate of drug-likeness (QED) is 0.786. The molecule has 4 heterocycles. The molecule has 0 aliphatic carbocycles. The minimum Gasteiger partial charge on any atom is -0.481 e. The molecule has 2 aliphatic rings. The zero-order valence-corrected chi connectivity index (χ0v) is 17.9. The number of nitrogens with zero attached hydrogens (tertiary/aromatic N) is 5. The van der Waals surface area contributed by atoms with Gasteiger partial charge in [0.25, 0.3) is 0 Å². The van der Waals surface area contributed by atoms with E-state index in [-0.39, 0.29) is 0 Å². The molecule has 0 bridgehead atoms. The van der Waals surface area contributed by atoms with Crippen LogP contribution in [-0.4, -0.2) is 57.4 Å². The van der Waals surface area contributed by atoms with Gasteiger partial charge in [-0.1, -0.05) is 0 Å². The Morgan fingerprint density at radius 3 is 1.71 bits per heavy atom. The van der Waals surface area contributed by atoms with Crippen LogP contribution in [-0.2, 0) is 25.1 Å². The van der Waals surface area contributed by atoms with Crippen molar-refractivity contribution in [1.29, 1.82) is 5.26 Å². The van der Waals surface area contributed by atoms with E-state index in [1.807, 2.05) is 6.92 Å². The lowest BCUT2D eigenvalue weighted by molar-refractivity contribution is -0.147. The Hall–Kier alpha value is -2.96. The van der Waals surface area contributed by atoms with Crippen LogP contribution in [0.4, 0.5) is 0 Å². The molecule has 4 rings (SSSR count). The van der Waals surface area contributed by atoms with E-state index < -0.39 is 16.8 Å². The Morgan fingerprint density at radius 1 is 0.871 bits per heavy atom. The fraction of sp³-hybridized carbons (Fsp3) is 0.545. The van der Waals surface area contributed by atoms with Crippen molar-refractivity contribution in [2.24, 2.45) is 0 Å².